The molecule has 2 aliphatic heterocycles. The van der Waals surface area contributed by atoms with Crippen LogP contribution in [-0.2, 0) is 13.1 Å². The van der Waals surface area contributed by atoms with E-state index >= 15 is 0 Å². The zero-order chi connectivity index (χ0) is 33.6. The van der Waals surface area contributed by atoms with Gasteiger partial charge in [-0.25, -0.2) is 4.98 Å². The Hall–Kier alpha value is -4.70. The Morgan fingerprint density at radius 2 is 1.57 bits per heavy atom. The SMILES string of the molecule is COc1cc(C(=O)N2CC3CCC2[C@@H]3N)cc2nc(-c3cc4ccccc4n3CC3CC3)n(CC3CN(C(=O)c4cc(C)nc(C)c4)C3)c12. The van der Waals surface area contributed by atoms with Gasteiger partial charge in [0.05, 0.1) is 18.3 Å². The number of piperidine rings is 1. The topological polar surface area (TPSA) is 112 Å². The van der Waals surface area contributed by atoms with Crippen molar-refractivity contribution in [2.75, 3.05) is 26.7 Å². The average Bonchev–Trinajstić information content (AvgIpc) is 3.43. The molecule has 10 nitrogen and oxygen atoms in total. The number of amides is 2. The molecular formula is C39H43N7O3. The van der Waals surface area contributed by atoms with E-state index in [1.165, 1.54) is 23.7 Å². The summed E-state index contributed by atoms with van der Waals surface area (Å²) in [6.45, 7) is 7.48. The first-order valence-electron chi connectivity index (χ1n) is 17.7. The summed E-state index contributed by atoms with van der Waals surface area (Å²) in [5.74, 6) is 2.81. The second-order valence-corrected chi connectivity index (χ2v) is 14.9. The van der Waals surface area contributed by atoms with Crippen molar-refractivity contribution in [3.05, 3.63) is 77.1 Å². The monoisotopic (exact) mass is 657 g/mol. The van der Waals surface area contributed by atoms with Gasteiger partial charge in [-0.1, -0.05) is 18.2 Å². The Kier molecular flexibility index (Phi) is 7.09. The van der Waals surface area contributed by atoms with Crippen molar-refractivity contribution in [2.24, 2.45) is 23.5 Å². The third-order valence-corrected chi connectivity index (χ3v) is 11.4. The Bertz CT molecular complexity index is 2120. The molecule has 0 spiro atoms. The minimum atomic E-state index is -0.00321. The number of carbonyl (C=O) groups is 2. The van der Waals surface area contributed by atoms with Crippen LogP contribution in [0.1, 0.15) is 57.8 Å². The van der Waals surface area contributed by atoms with Crippen molar-refractivity contribution >= 4 is 33.8 Å². The van der Waals surface area contributed by atoms with Crippen molar-refractivity contribution in [3.8, 4) is 17.3 Å². The average molecular weight is 658 g/mol. The van der Waals surface area contributed by atoms with Crippen molar-refractivity contribution in [1.82, 2.24) is 28.9 Å². The molecule has 3 atom stereocenters. The van der Waals surface area contributed by atoms with Crippen LogP contribution in [0.25, 0.3) is 33.5 Å². The quantitative estimate of drug-likeness (QED) is 0.239. The van der Waals surface area contributed by atoms with Gasteiger partial charge in [-0.2, -0.15) is 0 Å². The summed E-state index contributed by atoms with van der Waals surface area (Å²) in [7, 11) is 1.67. The largest absolute Gasteiger partial charge is 0.494 e. The third kappa shape index (κ3) is 5.10. The summed E-state index contributed by atoms with van der Waals surface area (Å²) in [6.07, 6.45) is 4.54. The van der Waals surface area contributed by atoms with Crippen LogP contribution in [0.3, 0.4) is 0 Å². The number of fused-ring (bicyclic) bond motifs is 4. The fourth-order valence-corrected chi connectivity index (χ4v) is 8.73. The van der Waals surface area contributed by atoms with Crippen LogP contribution in [-0.4, -0.2) is 79.5 Å². The fourth-order valence-electron chi connectivity index (χ4n) is 8.73. The highest BCUT2D eigenvalue weighted by Gasteiger charge is 2.47. The van der Waals surface area contributed by atoms with E-state index in [4.69, 9.17) is 15.5 Å². The molecule has 2 unspecified atom stereocenters. The summed E-state index contributed by atoms with van der Waals surface area (Å²) in [5, 5.41) is 1.18. The summed E-state index contributed by atoms with van der Waals surface area (Å²) in [5.41, 5.74) is 13.3. The first-order chi connectivity index (χ1) is 23.7. The maximum atomic E-state index is 14.0. The van der Waals surface area contributed by atoms with Gasteiger partial charge < -0.3 is 29.4 Å². The fraction of sp³-hybridized carbons (Fsp3) is 0.436. The molecule has 4 fully saturated rings. The van der Waals surface area contributed by atoms with E-state index < -0.39 is 0 Å². The molecule has 0 radical (unpaired) electrons. The highest BCUT2D eigenvalue weighted by molar-refractivity contribution is 6.01. The molecule has 2 amide bonds. The Morgan fingerprint density at radius 1 is 0.837 bits per heavy atom. The number of likely N-dealkylation sites (tertiary alicyclic amines) is 2. The van der Waals surface area contributed by atoms with E-state index in [1.807, 2.05) is 47.9 Å². The van der Waals surface area contributed by atoms with Gasteiger partial charge in [-0.05, 0) is 87.8 Å². The summed E-state index contributed by atoms with van der Waals surface area (Å²) in [4.78, 5) is 41.1. The van der Waals surface area contributed by atoms with Crippen LogP contribution < -0.4 is 10.5 Å². The number of hydrogen-bond donors (Lipinski definition) is 1. The molecule has 2 saturated carbocycles. The standard InChI is InChI=1S/C39H43N7O3/c1-22-12-28(13-23(2)41-22)38(47)43-17-25(18-43)20-46-36-30(14-29(16-34(36)49-3)39(48)45-21-27-10-11-32(45)35(27)40)42-37(46)33-15-26-6-4-5-7-31(26)44(33)19-24-8-9-24/h4-7,12-16,24-25,27,32,35H,8-11,17-21,40H2,1-3H3/t27?,32?,35-/m1/s1. The van der Waals surface area contributed by atoms with E-state index in [-0.39, 0.29) is 29.8 Å². The number of benzene rings is 2. The maximum absolute atomic E-state index is 14.0. The number of nitrogens with two attached hydrogens (primary N) is 1. The third-order valence-electron chi connectivity index (χ3n) is 11.4. The normalized spacial score (nSPS) is 22.0. The number of hydrogen-bond acceptors (Lipinski definition) is 6. The second kappa shape index (κ2) is 11.4. The molecule has 4 aliphatic rings. The van der Waals surface area contributed by atoms with Gasteiger partial charge in [0.25, 0.3) is 11.8 Å². The number of aryl methyl sites for hydroxylation is 2. The molecule has 9 rings (SSSR count). The number of methoxy groups -OCH3 is 1. The molecule has 3 aromatic heterocycles. The number of imidazole rings is 1. The lowest BCUT2D eigenvalue weighted by molar-refractivity contribution is 0.0471. The van der Waals surface area contributed by atoms with Crippen molar-refractivity contribution in [1.29, 1.82) is 0 Å². The van der Waals surface area contributed by atoms with Gasteiger partial charge in [-0.3, -0.25) is 14.6 Å². The van der Waals surface area contributed by atoms with Gasteiger partial charge in [0, 0.05) is 84.1 Å². The number of pyridine rings is 1. The molecular weight excluding hydrogens is 614 g/mol. The van der Waals surface area contributed by atoms with Gasteiger partial charge in [0.2, 0.25) is 0 Å². The molecule has 2 saturated heterocycles. The van der Waals surface area contributed by atoms with E-state index in [0.29, 0.717) is 54.9 Å². The van der Waals surface area contributed by atoms with Gasteiger partial charge >= 0.3 is 0 Å². The number of ether oxygens (including phenoxy) is 1. The smallest absolute Gasteiger partial charge is 0.254 e. The van der Waals surface area contributed by atoms with Gasteiger partial charge in [-0.15, -0.1) is 0 Å². The summed E-state index contributed by atoms with van der Waals surface area (Å²) >= 11 is 0. The minimum absolute atomic E-state index is 0.00321. The lowest BCUT2D eigenvalue weighted by Crippen LogP contribution is -2.51. The predicted octanol–water partition coefficient (Wildman–Crippen LogP) is 5.42. The minimum Gasteiger partial charge on any atom is -0.494 e. The lowest BCUT2D eigenvalue weighted by atomic mass is 9.98. The molecule has 10 heteroatoms. The number of carbonyl (C=O) groups excluding carboxylic acids is 2. The number of para-hydroxylation sites is 1. The van der Waals surface area contributed by atoms with Crippen molar-refractivity contribution in [2.45, 2.75) is 64.7 Å². The molecule has 49 heavy (non-hydrogen) atoms. The molecule has 2 aromatic carbocycles. The lowest BCUT2D eigenvalue weighted by Gasteiger charge is -2.40. The van der Waals surface area contributed by atoms with E-state index in [2.05, 4.69) is 44.5 Å². The highest BCUT2D eigenvalue weighted by Crippen LogP contribution is 2.41. The molecule has 2 bridgehead atoms. The van der Waals surface area contributed by atoms with E-state index in [0.717, 1.165) is 53.3 Å². The van der Waals surface area contributed by atoms with Crippen LogP contribution >= 0.6 is 0 Å². The number of rotatable bonds is 8. The molecule has 252 valence electrons. The second-order valence-electron chi connectivity index (χ2n) is 14.9. The summed E-state index contributed by atoms with van der Waals surface area (Å²) < 4.78 is 10.8. The molecule has 2 N–H and O–H groups in total. The summed E-state index contributed by atoms with van der Waals surface area (Å²) in [6, 6.07) is 18.5. The Morgan fingerprint density at radius 3 is 2.27 bits per heavy atom. The highest BCUT2D eigenvalue weighted by atomic mass is 16.5. The first kappa shape index (κ1) is 30.4. The van der Waals surface area contributed by atoms with Crippen LogP contribution in [0, 0.1) is 31.6 Å². The number of aromatic nitrogens is 4. The van der Waals surface area contributed by atoms with E-state index in [1.54, 1.807) is 7.11 Å². The number of nitrogens with zero attached hydrogens (tertiary/aromatic N) is 6. The molecule has 5 heterocycles. The first-order valence-corrected chi connectivity index (χ1v) is 17.7. The zero-order valence-corrected chi connectivity index (χ0v) is 28.4. The van der Waals surface area contributed by atoms with Crippen LogP contribution in [0.5, 0.6) is 5.75 Å². The Balaban J connectivity index is 1.11. The van der Waals surface area contributed by atoms with Crippen LogP contribution in [0.15, 0.2) is 54.6 Å². The van der Waals surface area contributed by atoms with Crippen LogP contribution in [0.2, 0.25) is 0 Å². The molecule has 2 aliphatic carbocycles. The maximum Gasteiger partial charge on any atom is 0.254 e. The van der Waals surface area contributed by atoms with Crippen LogP contribution in [0.4, 0.5) is 0 Å². The van der Waals surface area contributed by atoms with Gasteiger partial charge in [0.15, 0.2) is 5.82 Å². The van der Waals surface area contributed by atoms with Crippen molar-refractivity contribution < 1.29 is 14.3 Å². The molecule has 5 aromatic rings. The zero-order valence-electron chi connectivity index (χ0n) is 28.4. The van der Waals surface area contributed by atoms with Gasteiger partial charge in [0.1, 0.15) is 11.3 Å². The van der Waals surface area contributed by atoms with Crippen molar-refractivity contribution in [3.63, 3.8) is 0 Å². The van der Waals surface area contributed by atoms with E-state index in [9.17, 15) is 9.59 Å². The predicted molar refractivity (Wildman–Crippen MR) is 189 cm³/mol. The Labute approximate surface area is 285 Å².